The Morgan fingerprint density at radius 2 is 2.18 bits per heavy atom. The number of carbonyl (C=O) groups excluding carboxylic acids is 1. The third kappa shape index (κ3) is 4.88. The van der Waals surface area contributed by atoms with Gasteiger partial charge in [-0.2, -0.15) is 0 Å². The van der Waals surface area contributed by atoms with Gasteiger partial charge in [0.15, 0.2) is 0 Å². The second-order valence-electron chi connectivity index (χ2n) is 4.11. The van der Waals surface area contributed by atoms with Gasteiger partial charge in [-0.25, -0.2) is 0 Å². The highest BCUT2D eigenvalue weighted by Gasteiger charge is 2.10. The molecule has 1 rings (SSSR count). The minimum Gasteiger partial charge on any atom is -0.356 e. The van der Waals surface area contributed by atoms with E-state index in [1.807, 2.05) is 25.1 Å². The van der Waals surface area contributed by atoms with Crippen molar-refractivity contribution in [1.29, 1.82) is 0 Å². The van der Waals surface area contributed by atoms with Crippen molar-refractivity contribution in [3.63, 3.8) is 0 Å². The first-order valence-electron chi connectivity index (χ1n) is 5.86. The van der Waals surface area contributed by atoms with Crippen LogP contribution in [0, 0.1) is 5.92 Å². The summed E-state index contributed by atoms with van der Waals surface area (Å²) in [4.78, 5) is 11.6. The number of halogens is 1. The molecule has 0 heterocycles. The van der Waals surface area contributed by atoms with Gasteiger partial charge in [0.05, 0.1) is 0 Å². The fourth-order valence-corrected chi connectivity index (χ4v) is 2.06. The standard InChI is InChI=1S/C13H19BrN2O/c1-10(6-8-15)13(17)16-9-7-11-4-2-3-5-12(11)14/h2-5,10H,6-9,15H2,1H3,(H,16,17). The molecule has 4 heteroatoms. The lowest BCUT2D eigenvalue weighted by molar-refractivity contribution is -0.124. The smallest absolute Gasteiger partial charge is 0.222 e. The van der Waals surface area contributed by atoms with E-state index in [1.54, 1.807) is 0 Å². The van der Waals surface area contributed by atoms with Gasteiger partial charge < -0.3 is 11.1 Å². The van der Waals surface area contributed by atoms with E-state index in [-0.39, 0.29) is 11.8 Å². The summed E-state index contributed by atoms with van der Waals surface area (Å²) in [6, 6.07) is 8.04. The van der Waals surface area contributed by atoms with Crippen LogP contribution >= 0.6 is 15.9 Å². The maximum absolute atomic E-state index is 11.6. The molecule has 0 bridgehead atoms. The lowest BCUT2D eigenvalue weighted by Gasteiger charge is -2.11. The molecule has 1 amide bonds. The Labute approximate surface area is 111 Å². The molecule has 1 aromatic carbocycles. The molecule has 94 valence electrons. The van der Waals surface area contributed by atoms with E-state index < -0.39 is 0 Å². The fraction of sp³-hybridized carbons (Fsp3) is 0.462. The number of hydrogen-bond donors (Lipinski definition) is 2. The molecule has 0 spiro atoms. The Bertz CT molecular complexity index is 368. The van der Waals surface area contributed by atoms with Gasteiger partial charge in [0.25, 0.3) is 0 Å². The summed E-state index contributed by atoms with van der Waals surface area (Å²) in [6.07, 6.45) is 1.57. The predicted molar refractivity (Wildman–Crippen MR) is 73.7 cm³/mol. The number of carbonyl (C=O) groups is 1. The Kier molecular flexibility index (Phi) is 6.22. The molecular formula is C13H19BrN2O. The minimum absolute atomic E-state index is 0.000728. The molecule has 1 aromatic rings. The SMILES string of the molecule is CC(CCN)C(=O)NCCc1ccccc1Br. The maximum atomic E-state index is 11.6. The minimum atomic E-state index is -0.000728. The van der Waals surface area contributed by atoms with E-state index in [4.69, 9.17) is 5.73 Å². The number of rotatable bonds is 6. The Morgan fingerprint density at radius 3 is 2.82 bits per heavy atom. The maximum Gasteiger partial charge on any atom is 0.222 e. The summed E-state index contributed by atoms with van der Waals surface area (Å²) in [6.45, 7) is 3.12. The van der Waals surface area contributed by atoms with Gasteiger partial charge in [-0.05, 0) is 31.0 Å². The molecule has 0 radical (unpaired) electrons. The molecule has 0 fully saturated rings. The van der Waals surface area contributed by atoms with Crippen molar-refractivity contribution >= 4 is 21.8 Å². The van der Waals surface area contributed by atoms with Crippen LogP contribution in [-0.4, -0.2) is 19.0 Å². The molecule has 1 atom stereocenters. The lowest BCUT2D eigenvalue weighted by atomic mass is 10.1. The van der Waals surface area contributed by atoms with E-state index in [1.165, 1.54) is 5.56 Å². The van der Waals surface area contributed by atoms with Crippen LogP contribution in [0.5, 0.6) is 0 Å². The van der Waals surface area contributed by atoms with E-state index >= 15 is 0 Å². The third-order valence-corrected chi connectivity index (χ3v) is 3.47. The quantitative estimate of drug-likeness (QED) is 0.845. The van der Waals surface area contributed by atoms with Crippen molar-refractivity contribution in [3.8, 4) is 0 Å². The largest absolute Gasteiger partial charge is 0.356 e. The molecule has 3 N–H and O–H groups in total. The average Bonchev–Trinajstić information content (AvgIpc) is 2.31. The summed E-state index contributed by atoms with van der Waals surface area (Å²) in [5, 5.41) is 2.93. The molecule has 0 saturated carbocycles. The van der Waals surface area contributed by atoms with Crippen molar-refractivity contribution in [2.45, 2.75) is 19.8 Å². The Balaban J connectivity index is 2.33. The summed E-state index contributed by atoms with van der Waals surface area (Å²) < 4.78 is 1.09. The molecule has 0 aliphatic carbocycles. The monoisotopic (exact) mass is 298 g/mol. The van der Waals surface area contributed by atoms with Crippen LogP contribution in [0.1, 0.15) is 18.9 Å². The van der Waals surface area contributed by atoms with Crippen molar-refractivity contribution < 1.29 is 4.79 Å². The van der Waals surface area contributed by atoms with Gasteiger partial charge in [0, 0.05) is 16.9 Å². The highest BCUT2D eigenvalue weighted by molar-refractivity contribution is 9.10. The number of amides is 1. The van der Waals surface area contributed by atoms with Crippen molar-refractivity contribution in [2.75, 3.05) is 13.1 Å². The molecule has 3 nitrogen and oxygen atoms in total. The number of nitrogens with two attached hydrogens (primary N) is 1. The highest BCUT2D eigenvalue weighted by atomic mass is 79.9. The van der Waals surface area contributed by atoms with E-state index in [9.17, 15) is 4.79 Å². The Morgan fingerprint density at radius 1 is 1.47 bits per heavy atom. The van der Waals surface area contributed by atoms with E-state index in [0.29, 0.717) is 13.1 Å². The van der Waals surface area contributed by atoms with Gasteiger partial charge in [-0.1, -0.05) is 41.1 Å². The van der Waals surface area contributed by atoms with Crippen LogP contribution < -0.4 is 11.1 Å². The summed E-state index contributed by atoms with van der Waals surface area (Å²) in [7, 11) is 0. The van der Waals surface area contributed by atoms with Crippen molar-refractivity contribution in [1.82, 2.24) is 5.32 Å². The first kappa shape index (κ1) is 14.2. The highest BCUT2D eigenvalue weighted by Crippen LogP contribution is 2.15. The first-order chi connectivity index (χ1) is 8.15. The second-order valence-corrected chi connectivity index (χ2v) is 4.97. The summed E-state index contributed by atoms with van der Waals surface area (Å²) >= 11 is 3.49. The van der Waals surface area contributed by atoms with Gasteiger partial charge >= 0.3 is 0 Å². The van der Waals surface area contributed by atoms with Crippen LogP contribution in [0.2, 0.25) is 0 Å². The zero-order valence-corrected chi connectivity index (χ0v) is 11.7. The number of hydrogen-bond acceptors (Lipinski definition) is 2. The molecule has 17 heavy (non-hydrogen) atoms. The summed E-state index contributed by atoms with van der Waals surface area (Å²) in [5.41, 5.74) is 6.63. The fourth-order valence-electron chi connectivity index (χ4n) is 1.58. The lowest BCUT2D eigenvalue weighted by Crippen LogP contribution is -2.31. The molecule has 0 saturated heterocycles. The molecule has 0 aliphatic rings. The van der Waals surface area contributed by atoms with Gasteiger partial charge in [-0.3, -0.25) is 4.79 Å². The second kappa shape index (κ2) is 7.45. The van der Waals surface area contributed by atoms with Crippen LogP contribution in [0.15, 0.2) is 28.7 Å². The van der Waals surface area contributed by atoms with E-state index in [0.717, 1.165) is 17.3 Å². The summed E-state index contributed by atoms with van der Waals surface area (Å²) in [5.74, 6) is 0.0849. The zero-order chi connectivity index (χ0) is 12.7. The predicted octanol–water partition coefficient (Wildman–Crippen LogP) is 2.09. The zero-order valence-electron chi connectivity index (χ0n) is 10.1. The normalized spacial score (nSPS) is 12.2. The van der Waals surface area contributed by atoms with Crippen molar-refractivity contribution in [2.24, 2.45) is 11.7 Å². The molecule has 1 unspecified atom stereocenters. The van der Waals surface area contributed by atoms with Crippen molar-refractivity contribution in [3.05, 3.63) is 34.3 Å². The Hall–Kier alpha value is -0.870. The van der Waals surface area contributed by atoms with E-state index in [2.05, 4.69) is 27.3 Å². The van der Waals surface area contributed by atoms with Gasteiger partial charge in [-0.15, -0.1) is 0 Å². The molecule has 0 aromatic heterocycles. The van der Waals surface area contributed by atoms with Crippen LogP contribution in [0.3, 0.4) is 0 Å². The first-order valence-corrected chi connectivity index (χ1v) is 6.65. The van der Waals surface area contributed by atoms with Crippen LogP contribution in [-0.2, 0) is 11.2 Å². The number of nitrogens with one attached hydrogen (secondary N) is 1. The third-order valence-electron chi connectivity index (χ3n) is 2.70. The van der Waals surface area contributed by atoms with Gasteiger partial charge in [0.2, 0.25) is 5.91 Å². The van der Waals surface area contributed by atoms with Crippen LogP contribution in [0.4, 0.5) is 0 Å². The van der Waals surface area contributed by atoms with Gasteiger partial charge in [0.1, 0.15) is 0 Å². The topological polar surface area (TPSA) is 55.1 Å². The molecular weight excluding hydrogens is 280 g/mol. The average molecular weight is 299 g/mol. The number of benzene rings is 1. The van der Waals surface area contributed by atoms with Crippen LogP contribution in [0.25, 0.3) is 0 Å². The molecule has 0 aliphatic heterocycles.